The minimum absolute atomic E-state index is 0.157. The summed E-state index contributed by atoms with van der Waals surface area (Å²) in [6, 6.07) is 4.71. The summed E-state index contributed by atoms with van der Waals surface area (Å²) < 4.78 is 31.3. The van der Waals surface area contributed by atoms with Crippen molar-refractivity contribution in [2.75, 3.05) is 19.3 Å². The largest absolute Gasteiger partial charge is 0.444 e. The number of hydrogen-bond donors (Lipinski definition) is 0. The van der Waals surface area contributed by atoms with Crippen LogP contribution < -0.4 is 0 Å². The van der Waals surface area contributed by atoms with Gasteiger partial charge >= 0.3 is 6.09 Å². The Hall–Kier alpha value is -2.02. The maximum Gasteiger partial charge on any atom is 0.410 e. The normalized spacial score (nSPS) is 17.9. The fourth-order valence-electron chi connectivity index (χ4n) is 4.21. The summed E-state index contributed by atoms with van der Waals surface area (Å²) in [5, 5.41) is 0. The van der Waals surface area contributed by atoms with Gasteiger partial charge in [-0.3, -0.25) is 9.20 Å². The number of nitrogens with zero attached hydrogens (tertiary/aromatic N) is 2. The van der Waals surface area contributed by atoms with Gasteiger partial charge in [0.05, 0.1) is 21.7 Å². The first-order valence-electron chi connectivity index (χ1n) is 12.1. The first-order valence-corrected chi connectivity index (χ1v) is 13.6. The average molecular weight is 495 g/mol. The Morgan fingerprint density at radius 1 is 1.26 bits per heavy atom. The molecule has 0 saturated carbocycles. The Bertz CT molecular complexity index is 858. The molecule has 192 valence electrons. The summed E-state index contributed by atoms with van der Waals surface area (Å²) in [6.45, 7) is 19.4. The summed E-state index contributed by atoms with van der Waals surface area (Å²) in [5.41, 5.74) is 1.46. The zero-order valence-electron chi connectivity index (χ0n) is 22.0. The van der Waals surface area contributed by atoms with E-state index >= 15 is 0 Å². The highest BCUT2D eigenvalue weighted by atomic mass is 32.2. The van der Waals surface area contributed by atoms with Crippen LogP contribution >= 0.6 is 0 Å². The lowest BCUT2D eigenvalue weighted by molar-refractivity contribution is 0.0179. The van der Waals surface area contributed by atoms with Crippen LogP contribution in [0, 0.1) is 17.7 Å². The Morgan fingerprint density at radius 3 is 2.32 bits per heavy atom. The molecule has 34 heavy (non-hydrogen) atoms. The fraction of sp³-hybridized carbons (Fsp3) is 0.630. The van der Waals surface area contributed by atoms with E-state index in [9.17, 15) is 13.4 Å². The van der Waals surface area contributed by atoms with E-state index in [1.54, 1.807) is 6.07 Å². The van der Waals surface area contributed by atoms with Crippen LogP contribution in [-0.2, 0) is 15.5 Å². The molecule has 0 aliphatic carbocycles. The summed E-state index contributed by atoms with van der Waals surface area (Å²) in [7, 11) is -1.34. The molecular formula is C27H43FN2O3S. The smallest absolute Gasteiger partial charge is 0.410 e. The van der Waals surface area contributed by atoms with Crippen molar-refractivity contribution in [3.05, 3.63) is 42.7 Å². The van der Waals surface area contributed by atoms with Crippen LogP contribution in [0.5, 0.6) is 0 Å². The molecule has 1 aliphatic heterocycles. The van der Waals surface area contributed by atoms with E-state index in [2.05, 4.69) is 27.0 Å². The number of hydrogen-bond acceptors (Lipinski definition) is 4. The second-order valence-corrected chi connectivity index (χ2v) is 11.2. The number of piperidine rings is 1. The van der Waals surface area contributed by atoms with Crippen LogP contribution in [0.4, 0.5) is 9.18 Å². The number of carbonyl (C=O) groups is 1. The summed E-state index contributed by atoms with van der Waals surface area (Å²) >= 11 is 0. The van der Waals surface area contributed by atoms with Gasteiger partial charge in [-0.15, -0.1) is 13.2 Å². The molecule has 1 aliphatic rings. The van der Waals surface area contributed by atoms with Crippen molar-refractivity contribution < 1.29 is 18.1 Å². The number of carbonyl (C=O) groups excluding carboxylic acids is 1. The van der Waals surface area contributed by atoms with Gasteiger partial charge in [-0.2, -0.15) is 0 Å². The molecule has 3 unspecified atom stereocenters. The van der Waals surface area contributed by atoms with Crippen molar-refractivity contribution in [1.29, 1.82) is 0 Å². The Balaban J connectivity index is 0.00000281. The van der Waals surface area contributed by atoms with Crippen molar-refractivity contribution >= 4 is 22.6 Å². The van der Waals surface area contributed by atoms with Gasteiger partial charge in [-0.25, -0.2) is 9.18 Å². The zero-order chi connectivity index (χ0) is 26.1. The van der Waals surface area contributed by atoms with Crippen molar-refractivity contribution in [2.24, 2.45) is 16.8 Å². The maximum absolute atomic E-state index is 14.2. The van der Waals surface area contributed by atoms with Crippen LogP contribution in [0.2, 0.25) is 0 Å². The predicted octanol–water partition coefficient (Wildman–Crippen LogP) is 6.95. The molecule has 3 atom stereocenters. The molecule has 0 N–H and O–H groups in total. The second-order valence-electron chi connectivity index (χ2n) is 9.84. The second kappa shape index (κ2) is 13.8. The summed E-state index contributed by atoms with van der Waals surface area (Å²) in [5.74, 6) is 0.438. The van der Waals surface area contributed by atoms with E-state index in [0.29, 0.717) is 11.8 Å². The summed E-state index contributed by atoms with van der Waals surface area (Å²) in [6.07, 6.45) is 5.08. The van der Waals surface area contributed by atoms with Crippen molar-refractivity contribution in [1.82, 2.24) is 4.90 Å². The van der Waals surface area contributed by atoms with Gasteiger partial charge in [-0.05, 0) is 82.9 Å². The van der Waals surface area contributed by atoms with Gasteiger partial charge < -0.3 is 9.64 Å². The van der Waals surface area contributed by atoms with E-state index in [-0.39, 0.29) is 17.0 Å². The highest BCUT2D eigenvalue weighted by molar-refractivity contribution is 7.84. The lowest BCUT2D eigenvalue weighted by Gasteiger charge is -2.34. The molecule has 0 bridgehead atoms. The number of benzene rings is 1. The molecule has 1 saturated heterocycles. The van der Waals surface area contributed by atoms with Crippen molar-refractivity contribution in [2.45, 2.75) is 83.8 Å². The van der Waals surface area contributed by atoms with Gasteiger partial charge in [-0.1, -0.05) is 19.9 Å². The van der Waals surface area contributed by atoms with Gasteiger partial charge in [0.2, 0.25) is 0 Å². The number of ether oxygens (including phenoxy) is 1. The molecule has 7 heteroatoms. The minimum atomic E-state index is -1.34. The quantitative estimate of drug-likeness (QED) is 0.304. The third kappa shape index (κ3) is 9.32. The van der Waals surface area contributed by atoms with Crippen molar-refractivity contribution in [3.63, 3.8) is 0 Å². The maximum atomic E-state index is 14.2. The van der Waals surface area contributed by atoms with Crippen molar-refractivity contribution in [3.8, 4) is 0 Å². The van der Waals surface area contributed by atoms with Gasteiger partial charge in [0.25, 0.3) is 0 Å². The lowest BCUT2D eigenvalue weighted by atomic mass is 9.85. The molecule has 5 nitrogen and oxygen atoms in total. The lowest BCUT2D eigenvalue weighted by Crippen LogP contribution is -2.42. The van der Waals surface area contributed by atoms with E-state index in [0.717, 1.165) is 50.0 Å². The van der Waals surface area contributed by atoms with E-state index in [1.165, 1.54) is 12.3 Å². The van der Waals surface area contributed by atoms with Gasteiger partial charge in [0.1, 0.15) is 11.4 Å². The molecule has 0 spiro atoms. The molecule has 1 amide bonds. The number of halogens is 1. The molecule has 0 radical (unpaired) electrons. The predicted molar refractivity (Wildman–Crippen MR) is 140 cm³/mol. The van der Waals surface area contributed by atoms with Crippen LogP contribution in [0.1, 0.15) is 78.8 Å². The average Bonchev–Trinajstić information content (AvgIpc) is 2.77. The Labute approximate surface area is 208 Å². The third-order valence-electron chi connectivity index (χ3n) is 5.99. The highest BCUT2D eigenvalue weighted by Gasteiger charge is 2.28. The molecule has 1 heterocycles. The zero-order valence-corrected chi connectivity index (χ0v) is 22.8. The monoisotopic (exact) mass is 494 g/mol. The molecule has 1 aromatic rings. The number of likely N-dealkylation sites (tertiary alicyclic amines) is 1. The molecule has 1 fully saturated rings. The topological polar surface area (TPSA) is 59.0 Å². The minimum Gasteiger partial charge on any atom is -0.444 e. The number of amides is 1. The first-order chi connectivity index (χ1) is 15.9. The third-order valence-corrected chi connectivity index (χ3v) is 6.94. The van der Waals surface area contributed by atoms with E-state index < -0.39 is 22.2 Å². The molecular weight excluding hydrogens is 451 g/mol. The number of rotatable bonds is 7. The highest BCUT2D eigenvalue weighted by Crippen LogP contribution is 2.28. The Kier molecular flexibility index (Phi) is 12.1. The van der Waals surface area contributed by atoms with E-state index in [4.69, 9.17) is 9.73 Å². The molecule has 2 rings (SSSR count). The van der Waals surface area contributed by atoms with Gasteiger partial charge in [0.15, 0.2) is 0 Å². The van der Waals surface area contributed by atoms with Gasteiger partial charge in [0, 0.05) is 25.1 Å². The van der Waals surface area contributed by atoms with Crippen LogP contribution in [0.15, 0.2) is 41.2 Å². The standard InChI is InChI=1S/C25H39FN2O3S.C2H4/c1-8-22(27-18(3)20-9-10-23(32(7)30)21(26)16-20)17(2)15-19-11-13-28(14-12-19)24(29)31-25(4,5)6;1-2/h9-10,16-19H,8,11-15H2,1-7H3;1-2H2. The fourth-order valence-corrected chi connectivity index (χ4v) is 4.81. The Morgan fingerprint density at radius 2 is 1.85 bits per heavy atom. The van der Waals surface area contributed by atoms with Crippen LogP contribution in [0.3, 0.4) is 0 Å². The molecule has 1 aromatic carbocycles. The molecule has 0 aromatic heterocycles. The number of aliphatic imine (C=N–C) groups is 1. The summed E-state index contributed by atoms with van der Waals surface area (Å²) in [4.78, 5) is 19.2. The van der Waals surface area contributed by atoms with E-state index in [1.807, 2.05) is 38.7 Å². The SMILES string of the molecule is C=C.CCC(=NC(C)c1ccc(S(C)=O)c(F)c1)C(C)CC1CCN(C(=O)OC(C)(C)C)CC1. The first kappa shape index (κ1) is 30.0. The van der Waals surface area contributed by atoms with Crippen LogP contribution in [0.25, 0.3) is 0 Å². The van der Waals surface area contributed by atoms with Crippen LogP contribution in [-0.4, -0.2) is 45.9 Å².